The molecule has 2 heterocycles. The van der Waals surface area contributed by atoms with E-state index < -0.39 is 25.4 Å². The van der Waals surface area contributed by atoms with Gasteiger partial charge in [0.25, 0.3) is 7.37 Å². The van der Waals surface area contributed by atoms with Crippen molar-refractivity contribution in [2.75, 3.05) is 26.0 Å². The van der Waals surface area contributed by atoms with Crippen molar-refractivity contribution in [3.05, 3.63) is 60.7 Å². The number of carbonyl (C=O) groups is 3. The average molecular weight is 665 g/mol. The summed E-state index contributed by atoms with van der Waals surface area (Å²) in [5.41, 5.74) is 1.72. The van der Waals surface area contributed by atoms with Crippen LogP contribution in [0.25, 0.3) is 11.1 Å². The zero-order chi connectivity index (χ0) is 32.8. The van der Waals surface area contributed by atoms with Crippen LogP contribution in [0.3, 0.4) is 0 Å². The van der Waals surface area contributed by atoms with Crippen molar-refractivity contribution in [2.45, 2.75) is 76.9 Å². The molecular formula is C37H45O9P. The van der Waals surface area contributed by atoms with Crippen LogP contribution >= 0.6 is 7.37 Å². The van der Waals surface area contributed by atoms with Crippen LogP contribution in [0.5, 0.6) is 5.75 Å². The predicted molar refractivity (Wildman–Crippen MR) is 176 cm³/mol. The third-order valence-corrected chi connectivity index (χ3v) is 12.0. The number of esters is 3. The van der Waals surface area contributed by atoms with Gasteiger partial charge in [-0.1, -0.05) is 68.3 Å². The molecular weight excluding hydrogens is 619 g/mol. The predicted octanol–water partition coefficient (Wildman–Crippen LogP) is 6.63. The minimum Gasteiger partial charge on any atom is -0.465 e. The molecule has 6 atom stereocenters. The first-order valence-corrected chi connectivity index (χ1v) is 18.9. The number of ether oxygens (including phenoxy) is 4. The molecule has 0 radical (unpaired) electrons. The fourth-order valence-corrected chi connectivity index (χ4v) is 8.94. The van der Waals surface area contributed by atoms with E-state index in [0.29, 0.717) is 49.4 Å². The highest BCUT2D eigenvalue weighted by Gasteiger charge is 2.44. The van der Waals surface area contributed by atoms with E-state index in [2.05, 4.69) is 6.92 Å². The summed E-state index contributed by atoms with van der Waals surface area (Å²) in [7, 11) is -3.40. The number of hydrogen-bond donors (Lipinski definition) is 0. The van der Waals surface area contributed by atoms with Gasteiger partial charge >= 0.3 is 17.9 Å². The Bertz CT molecular complexity index is 1510. The molecule has 0 aromatic heterocycles. The smallest absolute Gasteiger partial charge is 0.309 e. The summed E-state index contributed by atoms with van der Waals surface area (Å²) >= 11 is 0. The maximum Gasteiger partial charge on any atom is 0.309 e. The lowest BCUT2D eigenvalue weighted by Gasteiger charge is -2.39. The normalized spacial score (nSPS) is 27.6. The van der Waals surface area contributed by atoms with Crippen molar-refractivity contribution in [2.24, 2.45) is 23.7 Å². The number of carbonyl (C=O) groups excluding carboxylic acids is 3. The highest BCUT2D eigenvalue weighted by atomic mass is 31.2. The molecule has 4 aliphatic rings. The monoisotopic (exact) mass is 664 g/mol. The van der Waals surface area contributed by atoms with Gasteiger partial charge in [0.2, 0.25) is 0 Å². The van der Waals surface area contributed by atoms with Crippen LogP contribution in [0.4, 0.5) is 0 Å². The number of hydrogen-bond acceptors (Lipinski definition) is 9. The molecule has 0 N–H and O–H groups in total. The minimum atomic E-state index is -3.40. The van der Waals surface area contributed by atoms with E-state index in [1.165, 1.54) is 0 Å². The molecule has 10 heteroatoms. The molecule has 47 heavy (non-hydrogen) atoms. The number of rotatable bonds is 15. The van der Waals surface area contributed by atoms with E-state index in [4.69, 9.17) is 23.5 Å². The maximum atomic E-state index is 14.3. The van der Waals surface area contributed by atoms with E-state index in [9.17, 15) is 18.9 Å². The lowest BCUT2D eigenvalue weighted by Crippen LogP contribution is -2.43. The zero-order valence-corrected chi connectivity index (χ0v) is 27.9. The first-order valence-electron chi connectivity index (χ1n) is 17.1. The topological polar surface area (TPSA) is 118 Å². The van der Waals surface area contributed by atoms with Crippen molar-refractivity contribution in [3.8, 4) is 16.9 Å². The Labute approximate surface area is 276 Å². The second-order valence-electron chi connectivity index (χ2n) is 13.3. The summed E-state index contributed by atoms with van der Waals surface area (Å²) in [6.07, 6.45) is 9.03. The minimum absolute atomic E-state index is 0.00267. The van der Waals surface area contributed by atoms with Gasteiger partial charge in [0.1, 0.15) is 24.6 Å². The Hall–Kier alpha value is -3.42. The van der Waals surface area contributed by atoms with Gasteiger partial charge in [0.05, 0.1) is 37.3 Å². The fourth-order valence-electron chi connectivity index (χ4n) is 6.68. The standard InChI is InChI=1S/C37H45O9P/c1-2-3-10-29-31(37(40)44-24-27-23-42-27)20-26(9-8-15-35(38)43-22-25-16-17-25)21-33(29)45-36(39)18-19-47(41)34-14-7-5-12-30(34)28-11-4-6-13-32(28)46-47/h4-9,11-14,25-27,29,31,33H,2-3,10,15-24H2,1H3/b9-8+. The van der Waals surface area contributed by atoms with E-state index >= 15 is 0 Å². The maximum absolute atomic E-state index is 14.3. The molecule has 0 amide bonds. The van der Waals surface area contributed by atoms with Crippen molar-refractivity contribution in [1.29, 1.82) is 0 Å². The van der Waals surface area contributed by atoms with Crippen molar-refractivity contribution >= 4 is 30.6 Å². The number of benzene rings is 2. The molecule has 3 fully saturated rings. The Morgan fingerprint density at radius 3 is 2.49 bits per heavy atom. The van der Waals surface area contributed by atoms with Crippen LogP contribution in [-0.2, 0) is 37.9 Å². The summed E-state index contributed by atoms with van der Waals surface area (Å²) in [4.78, 5) is 39.2. The molecule has 2 aliphatic carbocycles. The third kappa shape index (κ3) is 8.74. The van der Waals surface area contributed by atoms with Crippen LogP contribution in [0.15, 0.2) is 60.7 Å². The van der Waals surface area contributed by atoms with Crippen molar-refractivity contribution in [1.82, 2.24) is 0 Å². The molecule has 6 rings (SSSR count). The van der Waals surface area contributed by atoms with Gasteiger partial charge in [-0.3, -0.25) is 18.9 Å². The van der Waals surface area contributed by atoms with E-state index in [0.717, 1.165) is 36.8 Å². The van der Waals surface area contributed by atoms with Crippen LogP contribution < -0.4 is 9.83 Å². The number of epoxide rings is 1. The van der Waals surface area contributed by atoms with Gasteiger partial charge in [0, 0.05) is 17.6 Å². The van der Waals surface area contributed by atoms with Crippen LogP contribution in [0.2, 0.25) is 0 Å². The summed E-state index contributed by atoms with van der Waals surface area (Å²) in [6, 6.07) is 15.0. The van der Waals surface area contributed by atoms with E-state index in [-0.39, 0.29) is 55.5 Å². The quantitative estimate of drug-likeness (QED) is 0.0680. The zero-order valence-electron chi connectivity index (χ0n) is 27.1. The number of para-hydroxylation sites is 1. The highest BCUT2D eigenvalue weighted by Crippen LogP contribution is 2.55. The van der Waals surface area contributed by atoms with Gasteiger partial charge in [-0.25, -0.2) is 0 Å². The van der Waals surface area contributed by atoms with Crippen molar-refractivity contribution in [3.63, 3.8) is 0 Å². The molecule has 1 saturated heterocycles. The van der Waals surface area contributed by atoms with Gasteiger partial charge in [-0.15, -0.1) is 0 Å². The molecule has 9 nitrogen and oxygen atoms in total. The summed E-state index contributed by atoms with van der Waals surface area (Å²) in [6.45, 7) is 3.37. The van der Waals surface area contributed by atoms with E-state index in [1.807, 2.05) is 42.5 Å². The highest BCUT2D eigenvalue weighted by molar-refractivity contribution is 7.67. The molecule has 0 bridgehead atoms. The van der Waals surface area contributed by atoms with Gasteiger partial charge in [0.15, 0.2) is 0 Å². The molecule has 2 aromatic rings. The number of allylic oxidation sites excluding steroid dienone is 1. The first-order chi connectivity index (χ1) is 22.8. The van der Waals surface area contributed by atoms with Crippen LogP contribution in [0.1, 0.15) is 64.7 Å². The summed E-state index contributed by atoms with van der Waals surface area (Å²) < 4.78 is 42.8. The van der Waals surface area contributed by atoms with E-state index in [1.54, 1.807) is 18.2 Å². The van der Waals surface area contributed by atoms with Crippen LogP contribution in [-0.4, -0.2) is 56.1 Å². The lowest BCUT2D eigenvalue weighted by atomic mass is 9.70. The number of fused-ring (bicyclic) bond motifs is 3. The SMILES string of the molecule is CCCCC1C(OC(=O)CCP2(=O)Oc3ccccc3-c3ccccc32)CC(/C=C/CC(=O)OCC2CC2)CC1C(=O)OCC1CO1. The van der Waals surface area contributed by atoms with Gasteiger partial charge < -0.3 is 23.5 Å². The molecule has 2 saturated carbocycles. The van der Waals surface area contributed by atoms with Crippen LogP contribution in [0, 0.1) is 23.7 Å². The molecule has 252 valence electrons. The molecule has 2 aliphatic heterocycles. The average Bonchev–Trinajstić information content (AvgIpc) is 4.01. The summed E-state index contributed by atoms with van der Waals surface area (Å²) in [5, 5.41) is 0.605. The molecule has 2 aromatic carbocycles. The second-order valence-corrected chi connectivity index (χ2v) is 15.7. The lowest BCUT2D eigenvalue weighted by molar-refractivity contribution is -0.166. The first kappa shape index (κ1) is 33.5. The van der Waals surface area contributed by atoms with Crippen molar-refractivity contribution < 1.29 is 42.4 Å². The molecule has 0 spiro atoms. The largest absolute Gasteiger partial charge is 0.465 e. The van der Waals surface area contributed by atoms with Gasteiger partial charge in [-0.2, -0.15) is 0 Å². The Balaban J connectivity index is 1.14. The summed E-state index contributed by atoms with van der Waals surface area (Å²) in [5.74, 6) is -0.784. The number of unbranched alkanes of at least 4 members (excludes halogenated alkanes) is 1. The Kier molecular flexibility index (Phi) is 10.8. The molecule has 6 unspecified atom stereocenters. The Morgan fingerprint density at radius 1 is 0.957 bits per heavy atom. The Morgan fingerprint density at radius 2 is 1.72 bits per heavy atom. The fraction of sp³-hybridized carbons (Fsp3) is 0.541. The second kappa shape index (κ2) is 15.2. The van der Waals surface area contributed by atoms with Gasteiger partial charge in [-0.05, 0) is 61.6 Å². The third-order valence-electron chi connectivity index (χ3n) is 9.55.